The van der Waals surface area contributed by atoms with Gasteiger partial charge in [-0.3, -0.25) is 4.79 Å². The van der Waals surface area contributed by atoms with Gasteiger partial charge in [-0.25, -0.2) is 8.42 Å². The molecule has 3 aromatic carbocycles. The Morgan fingerprint density at radius 3 is 2.37 bits per heavy atom. The third-order valence-corrected chi connectivity index (χ3v) is 8.86. The Hall–Kier alpha value is -3.87. The molecule has 0 aliphatic carbocycles. The number of aryl methyl sites for hydroxylation is 1. The van der Waals surface area contributed by atoms with E-state index in [-0.39, 0.29) is 35.4 Å². The fraction of sp³-hybridized carbons (Fsp3) is 0.161. The minimum atomic E-state index is -3.94. The molecule has 1 heterocycles. The van der Waals surface area contributed by atoms with Crippen molar-refractivity contribution in [2.75, 3.05) is 0 Å². The van der Waals surface area contributed by atoms with Gasteiger partial charge >= 0.3 is 0 Å². The standard InChI is InChI=1S/C31H27Cl2N3O4S/c1-21-8-13-28(14-9-21)41(38,39)36(19-23-10-15-29(32)30(33)16-23)20-27-12-11-26(40-27)17-25(18-34)31(37)35-22(2)24-6-4-3-5-7-24/h3-17,22H,19-20H2,1-2H3,(H,35,37)/b25-17-/t22-/m0/s1. The number of nitrogens with one attached hydrogen (secondary N) is 1. The van der Waals surface area contributed by atoms with Crippen molar-refractivity contribution in [3.63, 3.8) is 0 Å². The van der Waals surface area contributed by atoms with Crippen molar-refractivity contribution in [2.45, 2.75) is 37.9 Å². The first-order chi connectivity index (χ1) is 19.6. The van der Waals surface area contributed by atoms with Crippen molar-refractivity contribution in [3.8, 4) is 6.07 Å². The van der Waals surface area contributed by atoms with Gasteiger partial charge in [-0.15, -0.1) is 0 Å². The fourth-order valence-electron chi connectivity index (χ4n) is 4.05. The average molecular weight is 609 g/mol. The van der Waals surface area contributed by atoms with Crippen LogP contribution in [-0.4, -0.2) is 18.6 Å². The van der Waals surface area contributed by atoms with Gasteiger partial charge in [0.1, 0.15) is 23.2 Å². The van der Waals surface area contributed by atoms with Crippen molar-refractivity contribution < 1.29 is 17.6 Å². The van der Waals surface area contributed by atoms with E-state index in [0.717, 1.165) is 11.1 Å². The third kappa shape index (κ3) is 7.66. The normalized spacial score (nSPS) is 12.6. The van der Waals surface area contributed by atoms with Crippen LogP contribution in [0.5, 0.6) is 0 Å². The molecule has 0 fully saturated rings. The zero-order valence-electron chi connectivity index (χ0n) is 22.3. The highest BCUT2D eigenvalue weighted by atomic mass is 35.5. The van der Waals surface area contributed by atoms with E-state index in [1.807, 2.05) is 50.2 Å². The molecular weight excluding hydrogens is 581 g/mol. The molecule has 0 aliphatic heterocycles. The molecule has 0 radical (unpaired) electrons. The zero-order chi connectivity index (χ0) is 29.6. The highest BCUT2D eigenvalue weighted by Crippen LogP contribution is 2.27. The van der Waals surface area contributed by atoms with Gasteiger partial charge < -0.3 is 9.73 Å². The summed E-state index contributed by atoms with van der Waals surface area (Å²) >= 11 is 12.2. The van der Waals surface area contributed by atoms with Gasteiger partial charge in [-0.1, -0.05) is 77.3 Å². The highest BCUT2D eigenvalue weighted by Gasteiger charge is 2.26. The molecule has 1 aromatic heterocycles. The number of carbonyl (C=O) groups excluding carboxylic acids is 1. The van der Waals surface area contributed by atoms with Crippen LogP contribution in [0.1, 0.15) is 41.2 Å². The van der Waals surface area contributed by atoms with Crippen LogP contribution in [0.25, 0.3) is 6.08 Å². The van der Waals surface area contributed by atoms with Crippen LogP contribution < -0.4 is 5.32 Å². The fourth-order valence-corrected chi connectivity index (χ4v) is 5.76. The lowest BCUT2D eigenvalue weighted by Gasteiger charge is -2.22. The second kappa shape index (κ2) is 13.2. The molecule has 1 amide bonds. The van der Waals surface area contributed by atoms with Gasteiger partial charge in [0.25, 0.3) is 5.91 Å². The lowest BCUT2D eigenvalue weighted by atomic mass is 10.1. The monoisotopic (exact) mass is 607 g/mol. The molecule has 0 saturated carbocycles. The Bertz CT molecular complexity index is 1710. The summed E-state index contributed by atoms with van der Waals surface area (Å²) in [4.78, 5) is 12.9. The number of sulfonamides is 1. The van der Waals surface area contributed by atoms with E-state index in [0.29, 0.717) is 21.4 Å². The maximum absolute atomic E-state index is 13.7. The van der Waals surface area contributed by atoms with E-state index in [9.17, 15) is 18.5 Å². The molecule has 1 atom stereocenters. The van der Waals surface area contributed by atoms with E-state index < -0.39 is 15.9 Å². The first-order valence-corrected chi connectivity index (χ1v) is 14.8. The van der Waals surface area contributed by atoms with Crippen LogP contribution in [0.15, 0.2) is 99.8 Å². The number of halogens is 2. The Morgan fingerprint density at radius 2 is 1.71 bits per heavy atom. The molecule has 7 nitrogen and oxygen atoms in total. The largest absolute Gasteiger partial charge is 0.460 e. The van der Waals surface area contributed by atoms with Crippen LogP contribution in [0.2, 0.25) is 10.0 Å². The van der Waals surface area contributed by atoms with E-state index in [4.69, 9.17) is 27.6 Å². The highest BCUT2D eigenvalue weighted by molar-refractivity contribution is 7.89. The summed E-state index contributed by atoms with van der Waals surface area (Å²) in [6, 6.07) is 25.7. The number of amides is 1. The maximum Gasteiger partial charge on any atom is 0.262 e. The molecule has 0 spiro atoms. The van der Waals surface area contributed by atoms with Crippen LogP contribution in [0.4, 0.5) is 0 Å². The quantitative estimate of drug-likeness (QED) is 0.153. The van der Waals surface area contributed by atoms with Crippen LogP contribution in [0.3, 0.4) is 0 Å². The summed E-state index contributed by atoms with van der Waals surface area (Å²) in [7, 11) is -3.94. The van der Waals surface area contributed by atoms with Gasteiger partial charge in [0.2, 0.25) is 10.0 Å². The Balaban J connectivity index is 1.57. The van der Waals surface area contributed by atoms with Crippen LogP contribution in [0, 0.1) is 18.3 Å². The molecule has 0 unspecified atom stereocenters. The predicted octanol–water partition coefficient (Wildman–Crippen LogP) is 7.07. The van der Waals surface area contributed by atoms with Crippen molar-refractivity contribution >= 4 is 45.2 Å². The number of hydrogen-bond donors (Lipinski definition) is 1. The lowest BCUT2D eigenvalue weighted by Crippen LogP contribution is -2.30. The van der Waals surface area contributed by atoms with Gasteiger partial charge in [0.05, 0.1) is 27.5 Å². The van der Waals surface area contributed by atoms with Gasteiger partial charge in [0, 0.05) is 12.6 Å². The predicted molar refractivity (Wildman–Crippen MR) is 159 cm³/mol. The van der Waals surface area contributed by atoms with Crippen LogP contribution >= 0.6 is 23.2 Å². The van der Waals surface area contributed by atoms with Crippen molar-refractivity contribution in [1.29, 1.82) is 5.26 Å². The van der Waals surface area contributed by atoms with E-state index in [1.54, 1.807) is 54.6 Å². The lowest BCUT2D eigenvalue weighted by molar-refractivity contribution is -0.117. The number of carbonyl (C=O) groups is 1. The second-order valence-corrected chi connectivity index (χ2v) is 12.2. The van der Waals surface area contributed by atoms with Gasteiger partial charge in [-0.05, 0) is 61.4 Å². The number of nitrogens with zero attached hydrogens (tertiary/aromatic N) is 2. The SMILES string of the molecule is Cc1ccc(S(=O)(=O)N(Cc2ccc(Cl)c(Cl)c2)Cc2ccc(/C=C(/C#N)C(=O)N[C@@H](C)c3ccccc3)o2)cc1. The Morgan fingerprint density at radius 1 is 1.00 bits per heavy atom. The number of benzene rings is 3. The van der Waals surface area contributed by atoms with Crippen LogP contribution in [-0.2, 0) is 27.9 Å². The molecule has 1 N–H and O–H groups in total. The minimum absolute atomic E-state index is 0.00218. The summed E-state index contributed by atoms with van der Waals surface area (Å²) in [5.74, 6) is 0.00799. The van der Waals surface area contributed by atoms with E-state index >= 15 is 0 Å². The molecule has 10 heteroatoms. The average Bonchev–Trinajstić information content (AvgIpc) is 3.40. The topological polar surface area (TPSA) is 103 Å². The molecule has 0 bridgehead atoms. The van der Waals surface area contributed by atoms with Crippen molar-refractivity contribution in [3.05, 3.63) is 129 Å². The van der Waals surface area contributed by atoms with Gasteiger partial charge in [-0.2, -0.15) is 9.57 Å². The van der Waals surface area contributed by atoms with E-state index in [1.165, 1.54) is 10.4 Å². The molecule has 4 aromatic rings. The molecule has 0 aliphatic rings. The Kier molecular flexibility index (Phi) is 9.69. The first-order valence-electron chi connectivity index (χ1n) is 12.6. The number of nitriles is 1. The maximum atomic E-state index is 13.7. The summed E-state index contributed by atoms with van der Waals surface area (Å²) in [5.41, 5.74) is 2.32. The second-order valence-electron chi connectivity index (χ2n) is 9.41. The van der Waals surface area contributed by atoms with Crippen molar-refractivity contribution in [1.82, 2.24) is 9.62 Å². The molecule has 4 rings (SSSR count). The summed E-state index contributed by atoms with van der Waals surface area (Å²) in [5, 5.41) is 13.1. The molecule has 210 valence electrons. The summed E-state index contributed by atoms with van der Waals surface area (Å²) in [6.07, 6.45) is 1.33. The Labute approximate surface area is 249 Å². The van der Waals surface area contributed by atoms with E-state index in [2.05, 4.69) is 5.32 Å². The smallest absolute Gasteiger partial charge is 0.262 e. The van der Waals surface area contributed by atoms with Crippen molar-refractivity contribution in [2.24, 2.45) is 0 Å². The minimum Gasteiger partial charge on any atom is -0.460 e. The molecule has 41 heavy (non-hydrogen) atoms. The summed E-state index contributed by atoms with van der Waals surface area (Å²) < 4.78 is 34.4. The number of hydrogen-bond acceptors (Lipinski definition) is 5. The zero-order valence-corrected chi connectivity index (χ0v) is 24.7. The third-order valence-electron chi connectivity index (χ3n) is 6.32. The number of furan rings is 1. The van der Waals surface area contributed by atoms with Gasteiger partial charge in [0.15, 0.2) is 0 Å². The molecule has 0 saturated heterocycles. The molecular formula is C31H27Cl2N3O4S. The first kappa shape index (κ1) is 30.1. The summed E-state index contributed by atoms with van der Waals surface area (Å²) in [6.45, 7) is 3.59. The number of rotatable bonds is 10.